The molecule has 27 heavy (non-hydrogen) atoms. The number of nitrogens with zero attached hydrogens (tertiary/aromatic N) is 1. The Balaban J connectivity index is 1.47. The fraction of sp³-hybridized carbons (Fsp3) is 0.364. The number of piperazine rings is 1. The summed E-state index contributed by atoms with van der Waals surface area (Å²) in [5.74, 6) is 0.0849. The molecule has 1 saturated heterocycles. The number of aryl methyl sites for hydroxylation is 1. The van der Waals surface area contributed by atoms with E-state index in [0.29, 0.717) is 6.42 Å². The lowest BCUT2D eigenvalue weighted by atomic mass is 10.1. The van der Waals surface area contributed by atoms with Gasteiger partial charge >= 0.3 is 0 Å². The Hall–Kier alpha value is -2.66. The molecule has 0 saturated carbocycles. The Bertz CT molecular complexity index is 793. The van der Waals surface area contributed by atoms with Crippen LogP contribution in [0.3, 0.4) is 0 Å². The molecule has 1 aliphatic heterocycles. The van der Waals surface area contributed by atoms with E-state index < -0.39 is 0 Å². The first kappa shape index (κ1) is 19.1. The Morgan fingerprint density at radius 3 is 2.37 bits per heavy atom. The van der Waals surface area contributed by atoms with Gasteiger partial charge in [-0.2, -0.15) is 0 Å². The first-order chi connectivity index (χ1) is 13.0. The van der Waals surface area contributed by atoms with Crippen LogP contribution in [0.1, 0.15) is 23.6 Å². The molecule has 0 radical (unpaired) electrons. The number of hydrogen-bond donors (Lipinski definition) is 2. The van der Waals surface area contributed by atoms with E-state index in [0.717, 1.165) is 44.0 Å². The quantitative estimate of drug-likeness (QED) is 0.841. The molecule has 0 bridgehead atoms. The average molecular weight is 366 g/mol. The van der Waals surface area contributed by atoms with Crippen LogP contribution in [-0.4, -0.2) is 42.9 Å². The van der Waals surface area contributed by atoms with E-state index in [1.807, 2.05) is 29.2 Å². The van der Waals surface area contributed by atoms with Gasteiger partial charge < -0.3 is 15.1 Å². The number of nitrogens with one attached hydrogen (secondary N) is 2. The number of anilines is 1. The van der Waals surface area contributed by atoms with Gasteiger partial charge in [-0.1, -0.05) is 42.0 Å². The van der Waals surface area contributed by atoms with Crippen molar-refractivity contribution in [2.75, 3.05) is 31.5 Å². The maximum Gasteiger partial charge on any atom is 0.227 e. The smallest absolute Gasteiger partial charge is 0.227 e. The SMILES string of the molecule is CC(=O)Nc1ccc(CC(=O)N2CC[NH+](Cc3cccc(C)c3)CC2)cc1. The maximum atomic E-state index is 12.6. The lowest BCUT2D eigenvalue weighted by molar-refractivity contribution is -0.917. The van der Waals surface area contributed by atoms with E-state index in [1.54, 1.807) is 0 Å². The highest BCUT2D eigenvalue weighted by Gasteiger charge is 2.23. The molecule has 1 fully saturated rings. The van der Waals surface area contributed by atoms with Gasteiger partial charge in [-0.3, -0.25) is 9.59 Å². The van der Waals surface area contributed by atoms with E-state index in [4.69, 9.17) is 0 Å². The number of quaternary nitrogens is 1. The van der Waals surface area contributed by atoms with Gasteiger partial charge in [0.25, 0.3) is 0 Å². The van der Waals surface area contributed by atoms with Crippen LogP contribution >= 0.6 is 0 Å². The number of carbonyl (C=O) groups excluding carboxylic acids is 2. The van der Waals surface area contributed by atoms with Crippen molar-refractivity contribution in [3.05, 3.63) is 65.2 Å². The van der Waals surface area contributed by atoms with E-state index in [1.165, 1.54) is 23.0 Å². The first-order valence-electron chi connectivity index (χ1n) is 9.53. The highest BCUT2D eigenvalue weighted by Crippen LogP contribution is 2.11. The van der Waals surface area contributed by atoms with Crippen molar-refractivity contribution in [3.8, 4) is 0 Å². The van der Waals surface area contributed by atoms with Crippen LogP contribution < -0.4 is 10.2 Å². The number of carbonyl (C=O) groups is 2. The summed E-state index contributed by atoms with van der Waals surface area (Å²) in [7, 11) is 0. The predicted octanol–water partition coefficient (Wildman–Crippen LogP) is 1.42. The number of rotatable bonds is 5. The van der Waals surface area contributed by atoms with Crippen LogP contribution in [-0.2, 0) is 22.6 Å². The topological polar surface area (TPSA) is 53.9 Å². The van der Waals surface area contributed by atoms with Crippen molar-refractivity contribution in [1.82, 2.24) is 4.90 Å². The molecule has 0 spiro atoms. The van der Waals surface area contributed by atoms with E-state index >= 15 is 0 Å². The average Bonchev–Trinajstić information content (AvgIpc) is 2.63. The summed E-state index contributed by atoms with van der Waals surface area (Å²) < 4.78 is 0. The molecule has 0 atom stereocenters. The van der Waals surface area contributed by atoms with Crippen LogP contribution in [0.5, 0.6) is 0 Å². The molecule has 2 amide bonds. The van der Waals surface area contributed by atoms with Crippen molar-refractivity contribution in [3.63, 3.8) is 0 Å². The largest absolute Gasteiger partial charge is 0.331 e. The van der Waals surface area contributed by atoms with E-state index in [2.05, 4.69) is 36.5 Å². The zero-order chi connectivity index (χ0) is 19.2. The lowest BCUT2D eigenvalue weighted by Crippen LogP contribution is -3.13. The zero-order valence-corrected chi connectivity index (χ0v) is 16.1. The third-order valence-electron chi connectivity index (χ3n) is 4.99. The summed E-state index contributed by atoms with van der Waals surface area (Å²) in [5.41, 5.74) is 4.39. The second-order valence-electron chi connectivity index (χ2n) is 7.35. The number of hydrogen-bond acceptors (Lipinski definition) is 2. The number of benzene rings is 2. The molecule has 1 heterocycles. The third kappa shape index (κ3) is 5.66. The molecule has 5 nitrogen and oxygen atoms in total. The van der Waals surface area contributed by atoms with Crippen LogP contribution in [0, 0.1) is 6.92 Å². The van der Waals surface area contributed by atoms with Crippen molar-refractivity contribution in [1.29, 1.82) is 0 Å². The summed E-state index contributed by atoms with van der Waals surface area (Å²) in [4.78, 5) is 27.2. The molecule has 142 valence electrons. The minimum Gasteiger partial charge on any atom is -0.331 e. The molecule has 2 aromatic rings. The van der Waals surface area contributed by atoms with Crippen LogP contribution in [0.25, 0.3) is 0 Å². The maximum absolute atomic E-state index is 12.6. The fourth-order valence-corrected chi connectivity index (χ4v) is 3.56. The van der Waals surface area contributed by atoms with E-state index in [9.17, 15) is 9.59 Å². The second kappa shape index (κ2) is 8.82. The Kier molecular flexibility index (Phi) is 6.24. The molecular formula is C22H28N3O2+. The van der Waals surface area contributed by atoms with Gasteiger partial charge in [-0.25, -0.2) is 0 Å². The molecule has 3 rings (SSSR count). The lowest BCUT2D eigenvalue weighted by Gasteiger charge is -2.32. The van der Waals surface area contributed by atoms with Gasteiger partial charge in [0.05, 0.1) is 32.6 Å². The van der Waals surface area contributed by atoms with Crippen LogP contribution in [0.15, 0.2) is 48.5 Å². The highest BCUT2D eigenvalue weighted by molar-refractivity contribution is 5.88. The van der Waals surface area contributed by atoms with Crippen molar-refractivity contribution >= 4 is 17.5 Å². The molecule has 0 unspecified atom stereocenters. The van der Waals surface area contributed by atoms with E-state index in [-0.39, 0.29) is 11.8 Å². The molecule has 2 aromatic carbocycles. The van der Waals surface area contributed by atoms with Crippen molar-refractivity contribution < 1.29 is 14.5 Å². The third-order valence-corrected chi connectivity index (χ3v) is 4.99. The molecule has 2 N–H and O–H groups in total. The summed E-state index contributed by atoms with van der Waals surface area (Å²) in [6.07, 6.45) is 0.410. The molecule has 0 aromatic heterocycles. The normalized spacial score (nSPS) is 14.8. The second-order valence-corrected chi connectivity index (χ2v) is 7.35. The van der Waals surface area contributed by atoms with Gasteiger partial charge in [-0.15, -0.1) is 0 Å². The standard InChI is InChI=1S/C22H27N3O2/c1-17-4-3-5-20(14-17)16-24-10-12-25(13-11-24)22(27)15-19-6-8-21(9-7-19)23-18(2)26/h3-9,14H,10-13,15-16H2,1-2H3,(H,23,26)/p+1. The van der Waals surface area contributed by atoms with Crippen molar-refractivity contribution in [2.45, 2.75) is 26.8 Å². The highest BCUT2D eigenvalue weighted by atomic mass is 16.2. The van der Waals surface area contributed by atoms with Gasteiger partial charge in [0.2, 0.25) is 11.8 Å². The minimum absolute atomic E-state index is 0.0927. The molecule has 1 aliphatic rings. The summed E-state index contributed by atoms with van der Waals surface area (Å²) >= 11 is 0. The monoisotopic (exact) mass is 366 g/mol. The zero-order valence-electron chi connectivity index (χ0n) is 16.1. The molecule has 5 heteroatoms. The Morgan fingerprint density at radius 1 is 1.04 bits per heavy atom. The Morgan fingerprint density at radius 2 is 1.74 bits per heavy atom. The first-order valence-corrected chi connectivity index (χ1v) is 9.53. The van der Waals surface area contributed by atoms with Crippen LogP contribution in [0.2, 0.25) is 0 Å². The van der Waals surface area contributed by atoms with Gasteiger partial charge in [-0.05, 0) is 24.6 Å². The fourth-order valence-electron chi connectivity index (χ4n) is 3.56. The molecule has 0 aliphatic carbocycles. The minimum atomic E-state index is -0.0927. The van der Waals surface area contributed by atoms with Gasteiger partial charge in [0.1, 0.15) is 6.54 Å². The predicted molar refractivity (Wildman–Crippen MR) is 107 cm³/mol. The van der Waals surface area contributed by atoms with Crippen LogP contribution in [0.4, 0.5) is 5.69 Å². The summed E-state index contributed by atoms with van der Waals surface area (Å²) in [6.45, 7) is 8.22. The van der Waals surface area contributed by atoms with Gasteiger partial charge in [0, 0.05) is 18.2 Å². The summed E-state index contributed by atoms with van der Waals surface area (Å²) in [6, 6.07) is 16.2. The number of amides is 2. The molecular weight excluding hydrogens is 338 g/mol. The van der Waals surface area contributed by atoms with Crippen molar-refractivity contribution in [2.24, 2.45) is 0 Å². The Labute approximate surface area is 161 Å². The summed E-state index contributed by atoms with van der Waals surface area (Å²) in [5, 5.41) is 2.74. The van der Waals surface area contributed by atoms with Gasteiger partial charge in [0.15, 0.2) is 0 Å².